The fourth-order valence-electron chi connectivity index (χ4n) is 2.14. The van der Waals surface area contributed by atoms with E-state index in [2.05, 4.69) is 15.6 Å². The maximum atomic E-state index is 12.1. The molecule has 7 nitrogen and oxygen atoms in total. The number of hydrogen-bond acceptors (Lipinski definition) is 6. The number of thiazole rings is 1. The molecule has 0 aliphatic heterocycles. The number of carbonyl (C=O) groups excluding carboxylic acids is 1. The highest BCUT2D eigenvalue weighted by atomic mass is 32.1. The quantitative estimate of drug-likeness (QED) is 0.403. The van der Waals surface area contributed by atoms with Crippen LogP contribution in [0.2, 0.25) is 0 Å². The number of non-ortho nitro benzene ring substituents is 1. The molecule has 0 unspecified atom stereocenters. The zero-order valence-corrected chi connectivity index (χ0v) is 14.8. The lowest BCUT2D eigenvalue weighted by molar-refractivity contribution is -0.384. The monoisotopic (exact) mass is 384 g/mol. The number of thiocarbonyl (C=S) groups is 1. The van der Waals surface area contributed by atoms with Crippen LogP contribution in [0.5, 0.6) is 0 Å². The number of hydrogen-bond donors (Lipinski definition) is 2. The molecule has 0 atom stereocenters. The number of benzene rings is 2. The Morgan fingerprint density at radius 1 is 1.15 bits per heavy atom. The second-order valence-electron chi connectivity index (χ2n) is 5.12. The minimum absolute atomic E-state index is 0.00402. The van der Waals surface area contributed by atoms with Crippen molar-refractivity contribution in [1.82, 2.24) is 10.3 Å². The van der Waals surface area contributed by atoms with E-state index in [-0.39, 0.29) is 16.7 Å². The van der Waals surface area contributed by atoms with Crippen molar-refractivity contribution in [3.05, 3.63) is 75.7 Å². The Hall–Kier alpha value is -3.17. The van der Waals surface area contributed by atoms with Crippen LogP contribution in [0, 0.1) is 10.1 Å². The number of anilines is 1. The molecule has 9 heteroatoms. The summed E-state index contributed by atoms with van der Waals surface area (Å²) in [6.45, 7) is 0. The van der Waals surface area contributed by atoms with E-state index in [1.165, 1.54) is 23.5 Å². The van der Waals surface area contributed by atoms with Gasteiger partial charge in [0.1, 0.15) is 0 Å². The zero-order valence-electron chi connectivity index (χ0n) is 13.2. The molecule has 3 aromatic rings. The zero-order chi connectivity index (χ0) is 18.5. The molecule has 0 spiro atoms. The molecule has 0 radical (unpaired) electrons. The molecule has 0 saturated carbocycles. The second-order valence-corrected chi connectivity index (χ2v) is 6.39. The molecule has 2 N–H and O–H groups in total. The van der Waals surface area contributed by atoms with Gasteiger partial charge in [-0.1, -0.05) is 30.3 Å². The summed E-state index contributed by atoms with van der Waals surface area (Å²) in [5.41, 5.74) is 1.70. The molecule has 0 fully saturated rings. The molecule has 0 aliphatic carbocycles. The Morgan fingerprint density at radius 3 is 2.65 bits per heavy atom. The van der Waals surface area contributed by atoms with Crippen LogP contribution in [-0.2, 0) is 0 Å². The smallest absolute Gasteiger partial charge is 0.270 e. The first kappa shape index (κ1) is 17.6. The molecule has 130 valence electrons. The normalized spacial score (nSPS) is 10.2. The minimum Gasteiger partial charge on any atom is -0.308 e. The largest absolute Gasteiger partial charge is 0.308 e. The van der Waals surface area contributed by atoms with Gasteiger partial charge in [0.15, 0.2) is 10.2 Å². The summed E-state index contributed by atoms with van der Waals surface area (Å²) in [4.78, 5) is 26.8. The van der Waals surface area contributed by atoms with Crippen LogP contribution in [0.4, 0.5) is 10.8 Å². The van der Waals surface area contributed by atoms with Gasteiger partial charge >= 0.3 is 0 Å². The van der Waals surface area contributed by atoms with Gasteiger partial charge in [-0.15, -0.1) is 11.3 Å². The molecule has 2 aromatic carbocycles. The van der Waals surface area contributed by atoms with Gasteiger partial charge < -0.3 is 5.32 Å². The SMILES string of the molecule is O=C(NC(=S)Nc1nc(-c2cccc([N+](=O)[O-])c2)cs1)c1ccccc1. The van der Waals surface area contributed by atoms with Crippen LogP contribution in [0.3, 0.4) is 0 Å². The highest BCUT2D eigenvalue weighted by Crippen LogP contribution is 2.27. The lowest BCUT2D eigenvalue weighted by Crippen LogP contribution is -2.34. The van der Waals surface area contributed by atoms with Crippen LogP contribution in [-0.4, -0.2) is 20.9 Å². The lowest BCUT2D eigenvalue weighted by Gasteiger charge is -2.07. The number of carbonyl (C=O) groups is 1. The summed E-state index contributed by atoms with van der Waals surface area (Å²) in [6.07, 6.45) is 0. The van der Waals surface area contributed by atoms with E-state index < -0.39 is 4.92 Å². The highest BCUT2D eigenvalue weighted by molar-refractivity contribution is 7.80. The van der Waals surface area contributed by atoms with Crippen LogP contribution in [0.25, 0.3) is 11.3 Å². The number of nitro benzene ring substituents is 1. The third-order valence-electron chi connectivity index (χ3n) is 3.34. The fraction of sp³-hybridized carbons (Fsp3) is 0. The molecule has 0 saturated heterocycles. The Kier molecular flexibility index (Phi) is 5.30. The summed E-state index contributed by atoms with van der Waals surface area (Å²) >= 11 is 6.41. The maximum absolute atomic E-state index is 12.1. The van der Waals surface area contributed by atoms with Gasteiger partial charge in [0.2, 0.25) is 0 Å². The summed E-state index contributed by atoms with van der Waals surface area (Å²) < 4.78 is 0. The molecule has 0 aliphatic rings. The average Bonchev–Trinajstić information content (AvgIpc) is 3.10. The van der Waals surface area contributed by atoms with Crippen molar-refractivity contribution in [1.29, 1.82) is 0 Å². The summed E-state index contributed by atoms with van der Waals surface area (Å²) in [7, 11) is 0. The maximum Gasteiger partial charge on any atom is 0.270 e. The molecular formula is C17H12N4O3S2. The van der Waals surface area contributed by atoms with Gasteiger partial charge in [0, 0.05) is 28.6 Å². The van der Waals surface area contributed by atoms with Crippen LogP contribution in [0.15, 0.2) is 60.0 Å². The molecule has 1 amide bonds. The van der Waals surface area contributed by atoms with E-state index in [9.17, 15) is 14.9 Å². The van der Waals surface area contributed by atoms with E-state index in [0.717, 1.165) is 0 Å². The Balaban J connectivity index is 1.67. The predicted octanol–water partition coefficient (Wildman–Crippen LogP) is 3.85. The molecule has 3 rings (SSSR count). The molecule has 1 aromatic heterocycles. The summed E-state index contributed by atoms with van der Waals surface area (Å²) in [5.74, 6) is -0.321. The third-order valence-corrected chi connectivity index (χ3v) is 4.30. The van der Waals surface area contributed by atoms with Crippen molar-refractivity contribution < 1.29 is 9.72 Å². The van der Waals surface area contributed by atoms with Gasteiger partial charge in [-0.3, -0.25) is 20.2 Å². The van der Waals surface area contributed by atoms with Gasteiger partial charge in [0.05, 0.1) is 10.6 Å². The third kappa shape index (κ3) is 4.26. The fourth-order valence-corrected chi connectivity index (χ4v) is 3.11. The van der Waals surface area contributed by atoms with E-state index in [4.69, 9.17) is 12.2 Å². The van der Waals surface area contributed by atoms with E-state index >= 15 is 0 Å². The van der Waals surface area contributed by atoms with Gasteiger partial charge in [-0.05, 0) is 24.4 Å². The van der Waals surface area contributed by atoms with E-state index in [0.29, 0.717) is 22.0 Å². The van der Waals surface area contributed by atoms with Crippen molar-refractivity contribution in [3.63, 3.8) is 0 Å². The van der Waals surface area contributed by atoms with E-state index in [1.807, 2.05) is 6.07 Å². The number of nitro groups is 1. The topological polar surface area (TPSA) is 97.2 Å². The lowest BCUT2D eigenvalue weighted by atomic mass is 10.1. The van der Waals surface area contributed by atoms with Crippen LogP contribution < -0.4 is 10.6 Å². The minimum atomic E-state index is -0.455. The number of amides is 1. The van der Waals surface area contributed by atoms with Crippen molar-refractivity contribution in [2.75, 3.05) is 5.32 Å². The average molecular weight is 384 g/mol. The van der Waals surface area contributed by atoms with E-state index in [1.54, 1.807) is 41.8 Å². The first-order chi connectivity index (χ1) is 12.5. The first-order valence-electron chi connectivity index (χ1n) is 7.40. The number of aromatic nitrogens is 1. The Morgan fingerprint density at radius 2 is 1.92 bits per heavy atom. The highest BCUT2D eigenvalue weighted by Gasteiger charge is 2.12. The van der Waals surface area contributed by atoms with Crippen molar-refractivity contribution in [2.24, 2.45) is 0 Å². The van der Waals surface area contributed by atoms with Crippen molar-refractivity contribution in [3.8, 4) is 11.3 Å². The first-order valence-corrected chi connectivity index (χ1v) is 8.69. The summed E-state index contributed by atoms with van der Waals surface area (Å²) in [5, 5.41) is 18.6. The Bertz CT molecular complexity index is 973. The predicted molar refractivity (Wildman–Crippen MR) is 104 cm³/mol. The molecule has 0 bridgehead atoms. The molecular weight excluding hydrogens is 372 g/mol. The van der Waals surface area contributed by atoms with Crippen LogP contribution in [0.1, 0.15) is 10.4 Å². The van der Waals surface area contributed by atoms with Gasteiger partial charge in [0.25, 0.3) is 11.6 Å². The number of nitrogens with zero attached hydrogens (tertiary/aromatic N) is 2. The molecule has 26 heavy (non-hydrogen) atoms. The van der Waals surface area contributed by atoms with Crippen molar-refractivity contribution in [2.45, 2.75) is 0 Å². The van der Waals surface area contributed by atoms with Gasteiger partial charge in [-0.25, -0.2) is 4.98 Å². The Labute approximate surface area is 157 Å². The number of nitrogens with one attached hydrogen (secondary N) is 2. The second kappa shape index (κ2) is 7.81. The van der Waals surface area contributed by atoms with Crippen LogP contribution >= 0.6 is 23.6 Å². The van der Waals surface area contributed by atoms with Gasteiger partial charge in [-0.2, -0.15) is 0 Å². The number of rotatable bonds is 4. The summed E-state index contributed by atoms with van der Waals surface area (Å²) in [6, 6.07) is 14.9. The molecule has 1 heterocycles. The standard InChI is InChI=1S/C17H12N4O3S2/c22-15(11-5-2-1-3-6-11)19-16(25)20-17-18-14(10-26-17)12-7-4-8-13(9-12)21(23)24/h1-10H,(H2,18,19,20,22,25). The van der Waals surface area contributed by atoms with Crippen molar-refractivity contribution >= 4 is 45.4 Å².